The third-order valence-electron chi connectivity index (χ3n) is 1.88. The van der Waals surface area contributed by atoms with Crippen molar-refractivity contribution in [3.8, 4) is 0 Å². The van der Waals surface area contributed by atoms with E-state index >= 15 is 0 Å². The van der Waals surface area contributed by atoms with E-state index < -0.39 is 0 Å². The highest BCUT2D eigenvalue weighted by atomic mass is 16.1. The minimum atomic E-state index is -0.126. The molecule has 0 aliphatic carbocycles. The smallest absolute Gasteiger partial charge is 0.269 e. The van der Waals surface area contributed by atoms with Crippen molar-refractivity contribution < 1.29 is 4.79 Å². The number of carbonyl (C=O) groups excluding carboxylic acids is 1. The van der Waals surface area contributed by atoms with Gasteiger partial charge in [-0.1, -0.05) is 6.07 Å². The van der Waals surface area contributed by atoms with Gasteiger partial charge >= 0.3 is 0 Å². The maximum atomic E-state index is 11.3. The van der Waals surface area contributed by atoms with Crippen molar-refractivity contribution in [3.05, 3.63) is 36.3 Å². The summed E-state index contributed by atoms with van der Waals surface area (Å²) in [6, 6.07) is 5.60. The van der Waals surface area contributed by atoms with Crippen LogP contribution >= 0.6 is 0 Å². The Bertz CT molecular complexity index is 447. The van der Waals surface area contributed by atoms with Crippen molar-refractivity contribution >= 4 is 11.6 Å². The highest BCUT2D eigenvalue weighted by molar-refractivity contribution is 5.92. The maximum Gasteiger partial charge on any atom is 0.269 e. The van der Waals surface area contributed by atoms with Crippen molar-refractivity contribution in [2.24, 2.45) is 0 Å². The molecule has 4 heteroatoms. The maximum absolute atomic E-state index is 11.3. The second-order valence-corrected chi connectivity index (χ2v) is 2.65. The fraction of sp³-hybridized carbons (Fsp3) is 0.111. The number of fused-ring (bicyclic) bond motifs is 1. The van der Waals surface area contributed by atoms with E-state index in [9.17, 15) is 4.79 Å². The van der Waals surface area contributed by atoms with Gasteiger partial charge in [-0.15, -0.1) is 0 Å². The standard InChI is InChI=1S/C9H9N3O/c1-10-9(13)7-6-11-8-4-2-3-5-12(7)8/h2-6H,1H3,(H,10,13). The number of imidazole rings is 1. The Balaban J connectivity index is 2.64. The average molecular weight is 175 g/mol. The monoisotopic (exact) mass is 175 g/mol. The molecule has 0 saturated heterocycles. The molecular formula is C9H9N3O. The van der Waals surface area contributed by atoms with E-state index in [4.69, 9.17) is 0 Å². The van der Waals surface area contributed by atoms with Crippen molar-refractivity contribution in [1.82, 2.24) is 14.7 Å². The number of hydrogen-bond donors (Lipinski definition) is 1. The van der Waals surface area contributed by atoms with Crippen LogP contribution in [0.2, 0.25) is 0 Å². The zero-order valence-electron chi connectivity index (χ0n) is 7.19. The summed E-state index contributed by atoms with van der Waals surface area (Å²) >= 11 is 0. The second kappa shape index (κ2) is 2.90. The molecule has 0 aliphatic rings. The van der Waals surface area contributed by atoms with Crippen LogP contribution in [-0.4, -0.2) is 22.3 Å². The quantitative estimate of drug-likeness (QED) is 0.693. The Labute approximate surface area is 75.2 Å². The van der Waals surface area contributed by atoms with Crippen LogP contribution in [-0.2, 0) is 0 Å². The number of hydrogen-bond acceptors (Lipinski definition) is 2. The van der Waals surface area contributed by atoms with Crippen LogP contribution in [0.3, 0.4) is 0 Å². The largest absolute Gasteiger partial charge is 0.354 e. The summed E-state index contributed by atoms with van der Waals surface area (Å²) in [5, 5.41) is 2.56. The summed E-state index contributed by atoms with van der Waals surface area (Å²) in [6.07, 6.45) is 3.38. The first-order valence-electron chi connectivity index (χ1n) is 3.97. The predicted octanol–water partition coefficient (Wildman–Crippen LogP) is 0.694. The Morgan fingerprint density at radius 3 is 3.15 bits per heavy atom. The SMILES string of the molecule is CNC(=O)c1cnc2ccccn12. The molecule has 0 atom stereocenters. The zero-order chi connectivity index (χ0) is 9.26. The molecule has 66 valence electrons. The molecule has 0 unspecified atom stereocenters. The Kier molecular flexibility index (Phi) is 1.73. The molecule has 1 N–H and O–H groups in total. The van der Waals surface area contributed by atoms with Crippen LogP contribution in [0.4, 0.5) is 0 Å². The zero-order valence-corrected chi connectivity index (χ0v) is 7.19. The first-order chi connectivity index (χ1) is 6.33. The minimum Gasteiger partial charge on any atom is -0.354 e. The van der Waals surface area contributed by atoms with Crippen molar-refractivity contribution in [1.29, 1.82) is 0 Å². The first kappa shape index (κ1) is 7.79. The van der Waals surface area contributed by atoms with Crippen LogP contribution in [0.5, 0.6) is 0 Å². The van der Waals surface area contributed by atoms with E-state index in [1.807, 2.05) is 24.4 Å². The van der Waals surface area contributed by atoms with Gasteiger partial charge in [0.25, 0.3) is 5.91 Å². The van der Waals surface area contributed by atoms with Gasteiger partial charge in [0.2, 0.25) is 0 Å². The first-order valence-corrected chi connectivity index (χ1v) is 3.97. The number of rotatable bonds is 1. The van der Waals surface area contributed by atoms with Crippen LogP contribution < -0.4 is 5.32 Å². The van der Waals surface area contributed by atoms with Gasteiger partial charge in [0, 0.05) is 13.2 Å². The van der Waals surface area contributed by atoms with Gasteiger partial charge in [-0.3, -0.25) is 9.20 Å². The van der Waals surface area contributed by atoms with E-state index in [2.05, 4.69) is 10.3 Å². The van der Waals surface area contributed by atoms with Gasteiger partial charge in [-0.2, -0.15) is 0 Å². The molecule has 2 aromatic rings. The molecule has 0 bridgehead atoms. The van der Waals surface area contributed by atoms with E-state index in [1.165, 1.54) is 0 Å². The van der Waals surface area contributed by atoms with Gasteiger partial charge in [0.15, 0.2) is 0 Å². The van der Waals surface area contributed by atoms with Gasteiger partial charge in [-0.25, -0.2) is 4.98 Å². The Morgan fingerprint density at radius 2 is 2.38 bits per heavy atom. The van der Waals surface area contributed by atoms with Crippen LogP contribution in [0.15, 0.2) is 30.6 Å². The van der Waals surface area contributed by atoms with Crippen LogP contribution in [0.1, 0.15) is 10.5 Å². The summed E-state index contributed by atoms with van der Waals surface area (Å²) in [6.45, 7) is 0. The molecular weight excluding hydrogens is 166 g/mol. The molecule has 2 heterocycles. The molecule has 0 fully saturated rings. The predicted molar refractivity (Wildman–Crippen MR) is 48.6 cm³/mol. The molecule has 2 rings (SSSR count). The lowest BCUT2D eigenvalue weighted by Gasteiger charge is -1.98. The lowest BCUT2D eigenvalue weighted by molar-refractivity contribution is 0.0957. The van der Waals surface area contributed by atoms with Crippen LogP contribution in [0.25, 0.3) is 5.65 Å². The van der Waals surface area contributed by atoms with E-state index in [-0.39, 0.29) is 5.91 Å². The lowest BCUT2D eigenvalue weighted by Crippen LogP contribution is -2.19. The van der Waals surface area contributed by atoms with Gasteiger partial charge in [0.1, 0.15) is 11.3 Å². The van der Waals surface area contributed by atoms with E-state index in [0.29, 0.717) is 5.69 Å². The molecule has 0 saturated carbocycles. The lowest BCUT2D eigenvalue weighted by atomic mass is 10.4. The van der Waals surface area contributed by atoms with E-state index in [0.717, 1.165) is 5.65 Å². The molecule has 0 radical (unpaired) electrons. The summed E-state index contributed by atoms with van der Waals surface area (Å²) in [5.41, 5.74) is 1.33. The number of nitrogens with zero attached hydrogens (tertiary/aromatic N) is 2. The van der Waals surface area contributed by atoms with Crippen molar-refractivity contribution in [3.63, 3.8) is 0 Å². The van der Waals surface area contributed by atoms with Gasteiger partial charge < -0.3 is 5.32 Å². The fourth-order valence-electron chi connectivity index (χ4n) is 1.23. The molecule has 0 spiro atoms. The molecule has 2 aromatic heterocycles. The van der Waals surface area contributed by atoms with E-state index in [1.54, 1.807) is 17.6 Å². The number of carbonyl (C=O) groups is 1. The van der Waals surface area contributed by atoms with Crippen molar-refractivity contribution in [2.45, 2.75) is 0 Å². The highest BCUT2D eigenvalue weighted by Gasteiger charge is 2.08. The van der Waals surface area contributed by atoms with Gasteiger partial charge in [0.05, 0.1) is 6.20 Å². The van der Waals surface area contributed by atoms with Crippen LogP contribution in [0, 0.1) is 0 Å². The molecule has 1 amide bonds. The summed E-state index contributed by atoms with van der Waals surface area (Å²) < 4.78 is 1.75. The number of pyridine rings is 1. The summed E-state index contributed by atoms with van der Waals surface area (Å²) in [7, 11) is 1.60. The third kappa shape index (κ3) is 1.16. The summed E-state index contributed by atoms with van der Waals surface area (Å²) in [5.74, 6) is -0.126. The fourth-order valence-corrected chi connectivity index (χ4v) is 1.23. The van der Waals surface area contributed by atoms with Gasteiger partial charge in [-0.05, 0) is 12.1 Å². The molecule has 4 nitrogen and oxygen atoms in total. The third-order valence-corrected chi connectivity index (χ3v) is 1.88. The Morgan fingerprint density at radius 1 is 1.54 bits per heavy atom. The second-order valence-electron chi connectivity index (χ2n) is 2.65. The number of amides is 1. The molecule has 13 heavy (non-hydrogen) atoms. The topological polar surface area (TPSA) is 46.4 Å². The molecule has 0 aromatic carbocycles. The molecule has 0 aliphatic heterocycles. The minimum absolute atomic E-state index is 0.126. The Hall–Kier alpha value is -1.84. The average Bonchev–Trinajstić information content (AvgIpc) is 2.60. The normalized spacial score (nSPS) is 10.2. The summed E-state index contributed by atoms with van der Waals surface area (Å²) in [4.78, 5) is 15.4. The number of nitrogens with one attached hydrogen (secondary N) is 1. The highest BCUT2D eigenvalue weighted by Crippen LogP contribution is 2.05. The van der Waals surface area contributed by atoms with Crippen molar-refractivity contribution in [2.75, 3.05) is 7.05 Å². The number of aromatic nitrogens is 2.